The van der Waals surface area contributed by atoms with Crippen molar-refractivity contribution in [1.82, 2.24) is 4.90 Å². The average Bonchev–Trinajstić information content (AvgIpc) is 2.69. The first-order valence-electron chi connectivity index (χ1n) is 10.5. The van der Waals surface area contributed by atoms with Crippen molar-refractivity contribution in [3.63, 3.8) is 0 Å². The number of rotatable bonds is 7. The predicted octanol–water partition coefficient (Wildman–Crippen LogP) is 5.95. The van der Waals surface area contributed by atoms with E-state index in [0.29, 0.717) is 28.7 Å². The van der Waals surface area contributed by atoms with Gasteiger partial charge >= 0.3 is 0 Å². The van der Waals surface area contributed by atoms with Crippen LogP contribution in [0, 0.1) is 17.6 Å². The van der Waals surface area contributed by atoms with E-state index in [1.165, 1.54) is 18.4 Å². The maximum Gasteiger partial charge on any atom is 0.151 e. The Morgan fingerprint density at radius 1 is 0.879 bits per heavy atom. The van der Waals surface area contributed by atoms with Gasteiger partial charge in [-0.25, -0.2) is 17.2 Å². The molecule has 0 bridgehead atoms. The molecule has 3 aromatic carbocycles. The van der Waals surface area contributed by atoms with E-state index in [9.17, 15) is 17.2 Å². The molecule has 8 heteroatoms. The van der Waals surface area contributed by atoms with Crippen molar-refractivity contribution in [2.24, 2.45) is 5.92 Å². The summed E-state index contributed by atoms with van der Waals surface area (Å²) >= 11 is 12.1. The third-order valence-corrected chi connectivity index (χ3v) is 8.27. The molecule has 4 rings (SSSR count). The van der Waals surface area contributed by atoms with Gasteiger partial charge in [-0.05, 0) is 59.5 Å². The summed E-state index contributed by atoms with van der Waals surface area (Å²) in [7, 11) is -3.44. The Hall–Kier alpha value is -1.99. The van der Waals surface area contributed by atoms with Crippen molar-refractivity contribution < 1.29 is 17.2 Å². The van der Waals surface area contributed by atoms with Crippen LogP contribution in [0.1, 0.15) is 22.7 Å². The van der Waals surface area contributed by atoms with E-state index in [1.54, 1.807) is 0 Å². The molecular formula is C25H23Cl2F2NO2S. The van der Waals surface area contributed by atoms with Gasteiger partial charge in [0.05, 0.1) is 11.3 Å². The van der Waals surface area contributed by atoms with Crippen LogP contribution in [0.25, 0.3) is 0 Å². The summed E-state index contributed by atoms with van der Waals surface area (Å²) in [6.45, 7) is 1.07. The lowest BCUT2D eigenvalue weighted by atomic mass is 9.87. The first-order chi connectivity index (χ1) is 15.6. The summed E-state index contributed by atoms with van der Waals surface area (Å²) in [5.41, 5.74) is 2.40. The molecule has 1 aliphatic rings. The number of hydrogen-bond acceptors (Lipinski definition) is 3. The third-order valence-electron chi connectivity index (χ3n) is 6.11. The van der Waals surface area contributed by atoms with Crippen LogP contribution in [0.3, 0.4) is 0 Å². The first-order valence-corrected chi connectivity index (χ1v) is 13.2. The molecule has 0 saturated carbocycles. The molecular weight excluding hydrogens is 487 g/mol. The van der Waals surface area contributed by atoms with Crippen LogP contribution >= 0.6 is 23.2 Å². The van der Waals surface area contributed by atoms with Crippen LogP contribution in [0.2, 0.25) is 10.0 Å². The number of hydrogen-bond donors (Lipinski definition) is 0. The van der Waals surface area contributed by atoms with Crippen molar-refractivity contribution in [3.8, 4) is 0 Å². The van der Waals surface area contributed by atoms with E-state index in [-0.39, 0.29) is 18.4 Å². The summed E-state index contributed by atoms with van der Waals surface area (Å²) in [5.74, 6) is -1.58. The fraction of sp³-hybridized carbons (Fsp3) is 0.280. The molecule has 0 N–H and O–H groups in total. The average molecular weight is 510 g/mol. The molecule has 0 aliphatic carbocycles. The van der Waals surface area contributed by atoms with Gasteiger partial charge in [-0.1, -0.05) is 47.5 Å². The Morgan fingerprint density at radius 3 is 1.76 bits per heavy atom. The highest BCUT2D eigenvalue weighted by molar-refractivity contribution is 7.91. The van der Waals surface area contributed by atoms with Gasteiger partial charge in [0.25, 0.3) is 0 Å². The molecule has 0 spiro atoms. The lowest BCUT2D eigenvalue weighted by Gasteiger charge is -2.47. The molecule has 3 nitrogen and oxygen atoms in total. The largest absolute Gasteiger partial charge is 0.292 e. The number of benzene rings is 3. The zero-order chi connectivity index (χ0) is 23.8. The summed E-state index contributed by atoms with van der Waals surface area (Å²) < 4.78 is 52.5. The molecule has 1 aliphatic heterocycles. The van der Waals surface area contributed by atoms with E-state index in [2.05, 4.69) is 4.90 Å². The molecule has 174 valence electrons. The van der Waals surface area contributed by atoms with Crippen LogP contribution < -0.4 is 0 Å². The minimum atomic E-state index is -3.44. The lowest BCUT2D eigenvalue weighted by molar-refractivity contribution is 0.0656. The molecule has 3 aromatic rings. The van der Waals surface area contributed by atoms with Gasteiger partial charge in [0.2, 0.25) is 0 Å². The van der Waals surface area contributed by atoms with Gasteiger partial charge in [0, 0.05) is 41.4 Å². The monoisotopic (exact) mass is 509 g/mol. The Morgan fingerprint density at radius 2 is 1.33 bits per heavy atom. The normalized spacial score (nSPS) is 16.1. The van der Waals surface area contributed by atoms with Crippen molar-refractivity contribution in [1.29, 1.82) is 0 Å². The molecule has 0 amide bonds. The van der Waals surface area contributed by atoms with Gasteiger partial charge in [0.1, 0.15) is 11.6 Å². The van der Waals surface area contributed by atoms with E-state index < -0.39 is 26.7 Å². The fourth-order valence-electron chi connectivity index (χ4n) is 4.53. The van der Waals surface area contributed by atoms with Crippen molar-refractivity contribution in [3.05, 3.63) is 105 Å². The molecule has 0 unspecified atom stereocenters. The second kappa shape index (κ2) is 9.71. The Kier molecular flexibility index (Phi) is 7.10. The third kappa shape index (κ3) is 5.75. The van der Waals surface area contributed by atoms with Crippen molar-refractivity contribution in [2.75, 3.05) is 19.3 Å². The summed E-state index contributed by atoms with van der Waals surface area (Å²) in [6, 6.07) is 18.2. The minimum absolute atomic E-state index is 0.0680. The highest BCUT2D eigenvalue weighted by Gasteiger charge is 2.42. The van der Waals surface area contributed by atoms with Gasteiger partial charge in [-0.3, -0.25) is 4.90 Å². The molecule has 1 saturated heterocycles. The van der Waals surface area contributed by atoms with E-state index in [0.717, 1.165) is 17.2 Å². The predicted molar refractivity (Wildman–Crippen MR) is 129 cm³/mol. The SMILES string of the molecule is CS(=O)(=O)[C@@H](Cc1cc(F)cc(F)c1)C1CN(C(c2ccc(Cl)cc2)c2ccc(Cl)cc2)C1. The topological polar surface area (TPSA) is 37.4 Å². The maximum atomic E-state index is 13.7. The summed E-state index contributed by atoms with van der Waals surface area (Å²) in [4.78, 5) is 2.20. The molecule has 1 atom stereocenters. The van der Waals surface area contributed by atoms with Crippen LogP contribution in [0.5, 0.6) is 0 Å². The van der Waals surface area contributed by atoms with Gasteiger partial charge < -0.3 is 0 Å². The Bertz CT molecular complexity index is 1160. The summed E-state index contributed by atoms with van der Waals surface area (Å²) in [6.07, 6.45) is 1.25. The smallest absolute Gasteiger partial charge is 0.151 e. The zero-order valence-electron chi connectivity index (χ0n) is 17.9. The highest BCUT2D eigenvalue weighted by Crippen LogP contribution is 2.38. The van der Waals surface area contributed by atoms with E-state index in [1.807, 2.05) is 48.5 Å². The van der Waals surface area contributed by atoms with Crippen molar-refractivity contribution >= 4 is 33.0 Å². The Balaban J connectivity index is 1.58. The first kappa shape index (κ1) is 24.1. The zero-order valence-corrected chi connectivity index (χ0v) is 20.2. The van der Waals surface area contributed by atoms with Crippen LogP contribution in [0.4, 0.5) is 8.78 Å². The van der Waals surface area contributed by atoms with E-state index >= 15 is 0 Å². The number of nitrogens with zero attached hydrogens (tertiary/aromatic N) is 1. The van der Waals surface area contributed by atoms with Gasteiger partial charge in [-0.2, -0.15) is 0 Å². The van der Waals surface area contributed by atoms with Crippen LogP contribution in [-0.2, 0) is 16.3 Å². The van der Waals surface area contributed by atoms with Gasteiger partial charge in [0.15, 0.2) is 9.84 Å². The number of likely N-dealkylation sites (tertiary alicyclic amines) is 1. The second-order valence-corrected chi connectivity index (χ2v) is 11.7. The van der Waals surface area contributed by atoms with Crippen LogP contribution in [-0.4, -0.2) is 37.9 Å². The minimum Gasteiger partial charge on any atom is -0.292 e. The number of sulfone groups is 1. The standard InChI is InChI=1S/C25H23Cl2F2NO2S/c1-33(31,32)24(12-16-10-22(28)13-23(29)11-16)19-14-30(15-19)25(17-2-6-20(26)7-3-17)18-4-8-21(27)9-5-18/h2-11,13,19,24-25H,12,14-15H2,1H3/t24-/m0/s1. The molecule has 33 heavy (non-hydrogen) atoms. The van der Waals surface area contributed by atoms with E-state index in [4.69, 9.17) is 23.2 Å². The van der Waals surface area contributed by atoms with Crippen LogP contribution in [0.15, 0.2) is 66.7 Å². The van der Waals surface area contributed by atoms with Gasteiger partial charge in [-0.15, -0.1) is 0 Å². The molecule has 0 radical (unpaired) electrons. The molecule has 1 heterocycles. The lowest BCUT2D eigenvalue weighted by Crippen LogP contribution is -2.55. The Labute approximate surface area is 202 Å². The highest BCUT2D eigenvalue weighted by atomic mass is 35.5. The molecule has 0 aromatic heterocycles. The van der Waals surface area contributed by atoms with Crippen molar-refractivity contribution in [2.45, 2.75) is 17.7 Å². The maximum absolute atomic E-state index is 13.7. The quantitative estimate of drug-likeness (QED) is 0.395. The number of halogens is 4. The summed E-state index contributed by atoms with van der Waals surface area (Å²) in [5, 5.41) is 0.537. The fourth-order valence-corrected chi connectivity index (χ4v) is 6.15. The second-order valence-electron chi connectivity index (χ2n) is 8.57. The molecule has 1 fully saturated rings.